The predicted molar refractivity (Wildman–Crippen MR) is 64.7 cm³/mol. The summed E-state index contributed by atoms with van der Waals surface area (Å²) >= 11 is 4.42. The second-order valence-corrected chi connectivity index (χ2v) is 3.98. The number of thiol groups is 1. The van der Waals surface area contributed by atoms with Crippen LogP contribution in [0.3, 0.4) is 0 Å². The second-order valence-electron chi connectivity index (χ2n) is 3.36. The van der Waals surface area contributed by atoms with Crippen molar-refractivity contribution in [1.82, 2.24) is 0 Å². The van der Waals surface area contributed by atoms with E-state index in [0.717, 1.165) is 0 Å². The van der Waals surface area contributed by atoms with E-state index >= 15 is 0 Å². The van der Waals surface area contributed by atoms with Gasteiger partial charge >= 0.3 is 0 Å². The summed E-state index contributed by atoms with van der Waals surface area (Å²) in [5.74, 6) is 0. The van der Waals surface area contributed by atoms with Crippen LogP contribution in [-0.4, -0.2) is 6.54 Å². The fourth-order valence-electron chi connectivity index (χ4n) is 1.55. The van der Waals surface area contributed by atoms with Crippen molar-refractivity contribution in [3.63, 3.8) is 0 Å². The average molecular weight is 203 g/mol. The van der Waals surface area contributed by atoms with Gasteiger partial charge in [-0.2, -0.15) is 12.6 Å². The lowest BCUT2D eigenvalue weighted by Gasteiger charge is -2.08. The minimum Gasteiger partial charge on any atom is -0.329 e. The molecule has 72 valence electrons. The van der Waals surface area contributed by atoms with Crippen LogP contribution in [0.5, 0.6) is 0 Å². The minimum atomic E-state index is 0.139. The number of nitrogens with two attached hydrogens (primary N) is 1. The molecule has 2 N–H and O–H groups in total. The van der Waals surface area contributed by atoms with E-state index in [1.165, 1.54) is 16.3 Å². The fourth-order valence-corrected chi connectivity index (χ4v) is 1.71. The molecule has 0 fully saturated rings. The lowest BCUT2D eigenvalue weighted by Crippen LogP contribution is -2.06. The molecule has 0 saturated carbocycles. The quantitative estimate of drug-likeness (QED) is 0.721. The molecule has 0 aliphatic rings. The van der Waals surface area contributed by atoms with Crippen LogP contribution in [0, 0.1) is 0 Å². The summed E-state index contributed by atoms with van der Waals surface area (Å²) in [6.07, 6.45) is 0. The van der Waals surface area contributed by atoms with Gasteiger partial charge in [-0.3, -0.25) is 0 Å². The van der Waals surface area contributed by atoms with Crippen LogP contribution in [-0.2, 0) is 0 Å². The molecular formula is C12H13NS. The van der Waals surface area contributed by atoms with Gasteiger partial charge in [0.15, 0.2) is 0 Å². The van der Waals surface area contributed by atoms with Gasteiger partial charge in [-0.15, -0.1) is 0 Å². The molecule has 0 saturated heterocycles. The van der Waals surface area contributed by atoms with E-state index in [1.54, 1.807) is 0 Å². The van der Waals surface area contributed by atoms with E-state index in [0.29, 0.717) is 6.54 Å². The summed E-state index contributed by atoms with van der Waals surface area (Å²) < 4.78 is 0. The van der Waals surface area contributed by atoms with Crippen molar-refractivity contribution in [1.29, 1.82) is 0 Å². The molecule has 0 heterocycles. The molecule has 0 aliphatic carbocycles. The van der Waals surface area contributed by atoms with E-state index in [1.807, 2.05) is 12.1 Å². The molecule has 0 radical (unpaired) electrons. The molecule has 0 aromatic heterocycles. The van der Waals surface area contributed by atoms with Crippen LogP contribution in [0.1, 0.15) is 10.8 Å². The number of benzene rings is 2. The molecule has 2 heteroatoms. The van der Waals surface area contributed by atoms with Crippen molar-refractivity contribution in [3.05, 3.63) is 48.0 Å². The van der Waals surface area contributed by atoms with Crippen molar-refractivity contribution >= 4 is 23.4 Å². The van der Waals surface area contributed by atoms with Crippen LogP contribution in [0.15, 0.2) is 42.5 Å². The number of fused-ring (bicyclic) bond motifs is 1. The van der Waals surface area contributed by atoms with Crippen molar-refractivity contribution in [3.8, 4) is 0 Å². The molecule has 2 aromatic rings. The first kappa shape index (κ1) is 9.56. The van der Waals surface area contributed by atoms with Crippen molar-refractivity contribution in [2.24, 2.45) is 5.73 Å². The first-order valence-corrected chi connectivity index (χ1v) is 5.20. The first-order valence-electron chi connectivity index (χ1n) is 4.68. The summed E-state index contributed by atoms with van der Waals surface area (Å²) in [6, 6.07) is 14.7. The molecule has 2 aromatic carbocycles. The van der Waals surface area contributed by atoms with Crippen molar-refractivity contribution < 1.29 is 0 Å². The summed E-state index contributed by atoms with van der Waals surface area (Å²) in [5.41, 5.74) is 6.76. The highest BCUT2D eigenvalue weighted by Crippen LogP contribution is 2.23. The Labute approximate surface area is 89.3 Å². The third-order valence-electron chi connectivity index (χ3n) is 2.38. The standard InChI is InChI=1S/C12H13NS/c13-8-12(14)11-6-5-9-3-1-2-4-10(9)7-11/h1-7,12,14H,8,13H2. The highest BCUT2D eigenvalue weighted by molar-refractivity contribution is 7.80. The Morgan fingerprint density at radius 3 is 2.50 bits per heavy atom. The normalized spacial score (nSPS) is 13.0. The number of hydrogen-bond donors (Lipinski definition) is 2. The molecule has 0 amide bonds. The highest BCUT2D eigenvalue weighted by atomic mass is 32.1. The predicted octanol–water partition coefficient (Wildman–Crippen LogP) is 2.77. The van der Waals surface area contributed by atoms with E-state index in [-0.39, 0.29) is 5.25 Å². The third kappa shape index (κ3) is 1.76. The van der Waals surface area contributed by atoms with Gasteiger partial charge in [0.2, 0.25) is 0 Å². The smallest absolute Gasteiger partial charge is 0.0389 e. The largest absolute Gasteiger partial charge is 0.329 e. The molecule has 1 unspecified atom stereocenters. The Morgan fingerprint density at radius 2 is 1.79 bits per heavy atom. The number of hydrogen-bond acceptors (Lipinski definition) is 2. The molecular weight excluding hydrogens is 190 g/mol. The third-order valence-corrected chi connectivity index (χ3v) is 2.89. The molecule has 2 rings (SSSR count). The Balaban J connectivity index is 2.51. The minimum absolute atomic E-state index is 0.139. The SMILES string of the molecule is NCC(S)c1ccc2ccccc2c1. The fraction of sp³-hybridized carbons (Fsp3) is 0.167. The highest BCUT2D eigenvalue weighted by Gasteiger charge is 2.03. The topological polar surface area (TPSA) is 26.0 Å². The van der Waals surface area contributed by atoms with Crippen molar-refractivity contribution in [2.45, 2.75) is 5.25 Å². The monoisotopic (exact) mass is 203 g/mol. The maximum absolute atomic E-state index is 5.57. The molecule has 1 atom stereocenters. The van der Waals surface area contributed by atoms with Crippen molar-refractivity contribution in [2.75, 3.05) is 6.54 Å². The Morgan fingerprint density at radius 1 is 1.07 bits per heavy atom. The van der Waals surface area contributed by atoms with Gasteiger partial charge in [0.05, 0.1) is 0 Å². The van der Waals surface area contributed by atoms with Gasteiger partial charge in [0.1, 0.15) is 0 Å². The van der Waals surface area contributed by atoms with Crippen LogP contribution in [0.25, 0.3) is 10.8 Å². The summed E-state index contributed by atoms with van der Waals surface area (Å²) in [5, 5.41) is 2.64. The van der Waals surface area contributed by atoms with Crippen LogP contribution in [0.2, 0.25) is 0 Å². The Bertz CT molecular complexity index is 439. The average Bonchev–Trinajstić information content (AvgIpc) is 2.27. The summed E-state index contributed by atoms with van der Waals surface area (Å²) in [4.78, 5) is 0. The van der Waals surface area contributed by atoms with E-state index in [2.05, 4.69) is 43.0 Å². The van der Waals surface area contributed by atoms with Gasteiger partial charge < -0.3 is 5.73 Å². The van der Waals surface area contributed by atoms with E-state index in [4.69, 9.17) is 5.73 Å². The molecule has 0 bridgehead atoms. The zero-order valence-electron chi connectivity index (χ0n) is 7.85. The Kier molecular flexibility index (Phi) is 2.75. The van der Waals surface area contributed by atoms with Crippen LogP contribution >= 0.6 is 12.6 Å². The zero-order chi connectivity index (χ0) is 9.97. The number of rotatable bonds is 2. The van der Waals surface area contributed by atoms with Gasteiger partial charge in [-0.05, 0) is 22.4 Å². The maximum Gasteiger partial charge on any atom is 0.0389 e. The molecule has 0 spiro atoms. The molecule has 0 aliphatic heterocycles. The summed E-state index contributed by atoms with van der Waals surface area (Å²) in [7, 11) is 0. The lowest BCUT2D eigenvalue weighted by molar-refractivity contribution is 0.951. The second kappa shape index (κ2) is 4.03. The maximum atomic E-state index is 5.57. The van der Waals surface area contributed by atoms with Gasteiger partial charge in [-0.25, -0.2) is 0 Å². The first-order chi connectivity index (χ1) is 6.81. The van der Waals surface area contributed by atoms with Crippen LogP contribution < -0.4 is 5.73 Å². The molecule has 1 nitrogen and oxygen atoms in total. The van der Waals surface area contributed by atoms with Gasteiger partial charge in [0.25, 0.3) is 0 Å². The lowest BCUT2D eigenvalue weighted by atomic mass is 10.1. The van der Waals surface area contributed by atoms with E-state index in [9.17, 15) is 0 Å². The van der Waals surface area contributed by atoms with Gasteiger partial charge in [-0.1, -0.05) is 36.4 Å². The van der Waals surface area contributed by atoms with E-state index < -0.39 is 0 Å². The zero-order valence-corrected chi connectivity index (χ0v) is 8.74. The molecule has 14 heavy (non-hydrogen) atoms. The van der Waals surface area contributed by atoms with Crippen LogP contribution in [0.4, 0.5) is 0 Å². The summed E-state index contributed by atoms with van der Waals surface area (Å²) in [6.45, 7) is 0.571. The Hall–Kier alpha value is -0.990. The van der Waals surface area contributed by atoms with Gasteiger partial charge in [0, 0.05) is 11.8 Å².